The van der Waals surface area contributed by atoms with E-state index < -0.39 is 0 Å². The van der Waals surface area contributed by atoms with Crippen LogP contribution in [0, 0.1) is 12.3 Å². The molecule has 0 bridgehead atoms. The first-order valence-corrected chi connectivity index (χ1v) is 6.35. The number of nitrogens with zero attached hydrogens (tertiary/aromatic N) is 1. The van der Waals surface area contributed by atoms with Crippen molar-refractivity contribution in [3.05, 3.63) is 35.9 Å². The third-order valence-corrected chi connectivity index (χ3v) is 2.57. The topological polar surface area (TPSA) is 45.7 Å². The Balaban J connectivity index is 2.66. The van der Waals surface area contributed by atoms with Crippen molar-refractivity contribution >= 4 is 5.96 Å². The largest absolute Gasteiger partial charge is 0.375 e. The number of rotatable bonds is 6. The van der Waals surface area contributed by atoms with Gasteiger partial charge in [-0.2, -0.15) is 0 Å². The second kappa shape index (κ2) is 9.01. The van der Waals surface area contributed by atoms with Gasteiger partial charge in [-0.1, -0.05) is 36.3 Å². The minimum absolute atomic E-state index is 0.0532. The van der Waals surface area contributed by atoms with Crippen LogP contribution in [0.4, 0.5) is 0 Å². The zero-order valence-corrected chi connectivity index (χ0v) is 11.5. The average Bonchev–Trinajstić information content (AvgIpc) is 2.46. The number of methoxy groups -OCH3 is 1. The Bertz CT molecular complexity index is 423. The molecular formula is C15H21N3O. The fourth-order valence-electron chi connectivity index (χ4n) is 1.63. The molecule has 0 heterocycles. The summed E-state index contributed by atoms with van der Waals surface area (Å²) < 4.78 is 5.47. The predicted octanol–water partition coefficient (Wildman–Crippen LogP) is 1.56. The van der Waals surface area contributed by atoms with Crippen LogP contribution >= 0.6 is 0 Å². The summed E-state index contributed by atoms with van der Waals surface area (Å²) in [6.45, 7) is 3.80. The maximum absolute atomic E-state index is 5.47. The Morgan fingerprint density at radius 1 is 1.37 bits per heavy atom. The summed E-state index contributed by atoms with van der Waals surface area (Å²) in [5.41, 5.74) is 1.11. The molecule has 0 aliphatic carbocycles. The van der Waals surface area contributed by atoms with E-state index in [-0.39, 0.29) is 6.10 Å². The van der Waals surface area contributed by atoms with Gasteiger partial charge in [-0.15, -0.1) is 6.42 Å². The van der Waals surface area contributed by atoms with Gasteiger partial charge in [0.1, 0.15) is 6.10 Å². The third kappa shape index (κ3) is 5.45. The van der Waals surface area contributed by atoms with Crippen LogP contribution < -0.4 is 10.6 Å². The lowest BCUT2D eigenvalue weighted by atomic mass is 10.1. The van der Waals surface area contributed by atoms with Crippen LogP contribution in [0.25, 0.3) is 0 Å². The number of ether oxygens (including phenoxy) is 1. The number of aliphatic imine (C=N–C) groups is 1. The van der Waals surface area contributed by atoms with Gasteiger partial charge in [0.25, 0.3) is 0 Å². The molecule has 4 nitrogen and oxygen atoms in total. The first-order valence-electron chi connectivity index (χ1n) is 6.35. The highest BCUT2D eigenvalue weighted by atomic mass is 16.5. The second-order valence-corrected chi connectivity index (χ2v) is 3.91. The first kappa shape index (κ1) is 15.1. The minimum Gasteiger partial charge on any atom is -0.375 e. The number of nitrogens with one attached hydrogen (secondary N) is 2. The molecule has 19 heavy (non-hydrogen) atoms. The summed E-state index contributed by atoms with van der Waals surface area (Å²) in [6.07, 6.45) is 5.17. The van der Waals surface area contributed by atoms with Crippen LogP contribution in [0.5, 0.6) is 0 Å². The van der Waals surface area contributed by atoms with Crippen LogP contribution in [0.15, 0.2) is 35.3 Å². The van der Waals surface area contributed by atoms with E-state index in [4.69, 9.17) is 11.2 Å². The quantitative estimate of drug-likeness (QED) is 0.463. The van der Waals surface area contributed by atoms with E-state index in [1.807, 2.05) is 37.3 Å². The Morgan fingerprint density at radius 2 is 2.11 bits per heavy atom. The summed E-state index contributed by atoms with van der Waals surface area (Å²) in [5.74, 6) is 3.23. The lowest BCUT2D eigenvalue weighted by Crippen LogP contribution is -2.37. The number of hydrogen-bond acceptors (Lipinski definition) is 2. The van der Waals surface area contributed by atoms with E-state index in [2.05, 4.69) is 21.5 Å². The van der Waals surface area contributed by atoms with Crippen LogP contribution in [0.1, 0.15) is 18.6 Å². The van der Waals surface area contributed by atoms with Gasteiger partial charge in [-0.25, -0.2) is 0 Å². The predicted molar refractivity (Wildman–Crippen MR) is 79.0 cm³/mol. The van der Waals surface area contributed by atoms with Gasteiger partial charge in [-0.05, 0) is 12.5 Å². The monoisotopic (exact) mass is 259 g/mol. The van der Waals surface area contributed by atoms with Crippen molar-refractivity contribution in [3.8, 4) is 12.3 Å². The van der Waals surface area contributed by atoms with Gasteiger partial charge in [0, 0.05) is 13.7 Å². The number of guanidine groups is 1. The van der Waals surface area contributed by atoms with Crippen molar-refractivity contribution < 1.29 is 4.74 Å². The molecule has 1 aromatic carbocycles. The van der Waals surface area contributed by atoms with Crippen molar-refractivity contribution in [2.24, 2.45) is 4.99 Å². The summed E-state index contributed by atoms with van der Waals surface area (Å²) >= 11 is 0. The maximum atomic E-state index is 5.47. The molecule has 4 heteroatoms. The first-order chi connectivity index (χ1) is 9.31. The molecule has 0 radical (unpaired) electrons. The molecule has 0 aromatic heterocycles. The normalized spacial score (nSPS) is 12.6. The highest BCUT2D eigenvalue weighted by Gasteiger charge is 2.09. The van der Waals surface area contributed by atoms with E-state index >= 15 is 0 Å². The SMILES string of the molecule is C#CCNC(=NCC(OC)c1ccccc1)NCC. The van der Waals surface area contributed by atoms with E-state index in [0.717, 1.165) is 12.1 Å². The molecule has 1 aromatic rings. The molecule has 0 aliphatic heterocycles. The van der Waals surface area contributed by atoms with E-state index in [0.29, 0.717) is 19.0 Å². The van der Waals surface area contributed by atoms with Crippen LogP contribution in [-0.4, -0.2) is 32.7 Å². The third-order valence-electron chi connectivity index (χ3n) is 2.57. The standard InChI is InChI=1S/C15H21N3O/c1-4-11-17-15(16-5-2)18-12-14(19-3)13-9-7-6-8-10-13/h1,6-10,14H,5,11-12H2,2-3H3,(H2,16,17,18). The van der Waals surface area contributed by atoms with Crippen molar-refractivity contribution in [1.29, 1.82) is 0 Å². The molecule has 1 rings (SSSR count). The Kier molecular flexibility index (Phi) is 7.14. The van der Waals surface area contributed by atoms with Crippen molar-refractivity contribution in [2.45, 2.75) is 13.0 Å². The summed E-state index contributed by atoms with van der Waals surface area (Å²) in [6, 6.07) is 10.0. The van der Waals surface area contributed by atoms with Gasteiger partial charge in [-0.3, -0.25) is 4.99 Å². The molecule has 0 saturated carbocycles. The zero-order valence-electron chi connectivity index (χ0n) is 11.5. The van der Waals surface area contributed by atoms with Gasteiger partial charge in [0.15, 0.2) is 5.96 Å². The van der Waals surface area contributed by atoms with E-state index in [1.165, 1.54) is 0 Å². The van der Waals surface area contributed by atoms with Crippen LogP contribution in [0.3, 0.4) is 0 Å². The van der Waals surface area contributed by atoms with Crippen LogP contribution in [0.2, 0.25) is 0 Å². The lowest BCUT2D eigenvalue weighted by Gasteiger charge is -2.15. The smallest absolute Gasteiger partial charge is 0.192 e. The van der Waals surface area contributed by atoms with Crippen molar-refractivity contribution in [2.75, 3.05) is 26.7 Å². The Morgan fingerprint density at radius 3 is 2.68 bits per heavy atom. The average molecular weight is 259 g/mol. The maximum Gasteiger partial charge on any atom is 0.192 e. The Hall–Kier alpha value is -1.99. The van der Waals surface area contributed by atoms with Gasteiger partial charge in [0.05, 0.1) is 13.1 Å². The van der Waals surface area contributed by atoms with Crippen molar-refractivity contribution in [3.63, 3.8) is 0 Å². The van der Waals surface area contributed by atoms with Gasteiger partial charge in [0.2, 0.25) is 0 Å². The molecule has 1 unspecified atom stereocenters. The van der Waals surface area contributed by atoms with Gasteiger partial charge < -0.3 is 15.4 Å². The summed E-state index contributed by atoms with van der Waals surface area (Å²) in [4.78, 5) is 4.47. The molecule has 0 aliphatic rings. The minimum atomic E-state index is -0.0532. The molecular weight excluding hydrogens is 238 g/mol. The molecule has 0 fully saturated rings. The summed E-state index contributed by atoms with van der Waals surface area (Å²) in [7, 11) is 1.69. The van der Waals surface area contributed by atoms with E-state index in [1.54, 1.807) is 7.11 Å². The number of hydrogen-bond donors (Lipinski definition) is 2. The molecule has 0 spiro atoms. The highest BCUT2D eigenvalue weighted by Crippen LogP contribution is 2.16. The number of benzene rings is 1. The van der Waals surface area contributed by atoms with Crippen molar-refractivity contribution in [1.82, 2.24) is 10.6 Å². The fourth-order valence-corrected chi connectivity index (χ4v) is 1.63. The number of terminal acetylenes is 1. The molecule has 0 amide bonds. The second-order valence-electron chi connectivity index (χ2n) is 3.91. The summed E-state index contributed by atoms with van der Waals surface area (Å²) in [5, 5.41) is 6.18. The fraction of sp³-hybridized carbons (Fsp3) is 0.400. The molecule has 1 atom stereocenters. The molecule has 0 saturated heterocycles. The van der Waals surface area contributed by atoms with E-state index in [9.17, 15) is 0 Å². The van der Waals surface area contributed by atoms with Crippen LogP contribution in [-0.2, 0) is 4.74 Å². The van der Waals surface area contributed by atoms with Gasteiger partial charge >= 0.3 is 0 Å². The molecule has 2 N–H and O–H groups in total. The highest BCUT2D eigenvalue weighted by molar-refractivity contribution is 5.80. The Labute approximate surface area is 115 Å². The molecule has 102 valence electrons. The zero-order chi connectivity index (χ0) is 13.9. The lowest BCUT2D eigenvalue weighted by molar-refractivity contribution is 0.111.